The van der Waals surface area contributed by atoms with E-state index in [1.165, 1.54) is 24.3 Å². The van der Waals surface area contributed by atoms with Crippen LogP contribution in [0.2, 0.25) is 0 Å². The Kier molecular flexibility index (Phi) is 1.74. The first-order chi connectivity index (χ1) is 7.65. The zero-order chi connectivity index (χ0) is 11.3. The van der Waals surface area contributed by atoms with Crippen molar-refractivity contribution in [2.45, 2.75) is 0 Å². The predicted molar refractivity (Wildman–Crippen MR) is 55.7 cm³/mol. The van der Waals surface area contributed by atoms with Crippen molar-refractivity contribution in [2.24, 2.45) is 0 Å². The van der Waals surface area contributed by atoms with E-state index in [0.717, 1.165) is 6.07 Å². The van der Waals surface area contributed by atoms with Crippen LogP contribution in [-0.4, -0.2) is 4.98 Å². The molecule has 0 aliphatic heterocycles. The van der Waals surface area contributed by atoms with Gasteiger partial charge >= 0.3 is 0 Å². The van der Waals surface area contributed by atoms with Crippen molar-refractivity contribution in [1.29, 1.82) is 0 Å². The minimum atomic E-state index is -0.688. The lowest BCUT2D eigenvalue weighted by atomic mass is 10.1. The van der Waals surface area contributed by atoms with Gasteiger partial charge < -0.3 is 4.98 Å². The van der Waals surface area contributed by atoms with Crippen molar-refractivity contribution in [2.75, 3.05) is 0 Å². The maximum Gasteiger partial charge on any atom is 0.136 e. The Morgan fingerprint density at radius 1 is 0.812 bits per heavy atom. The molecule has 0 amide bonds. The fourth-order valence-electron chi connectivity index (χ4n) is 1.92. The number of aromatic nitrogens is 1. The van der Waals surface area contributed by atoms with Gasteiger partial charge in [0.2, 0.25) is 0 Å². The second kappa shape index (κ2) is 3.01. The third-order valence-electron chi connectivity index (χ3n) is 2.58. The van der Waals surface area contributed by atoms with Gasteiger partial charge in [0, 0.05) is 22.4 Å². The summed E-state index contributed by atoms with van der Waals surface area (Å²) in [7, 11) is 0. The van der Waals surface area contributed by atoms with Gasteiger partial charge in [0.05, 0.1) is 5.52 Å². The van der Waals surface area contributed by atoms with Crippen molar-refractivity contribution in [3.05, 3.63) is 47.8 Å². The molecule has 0 saturated carbocycles. The summed E-state index contributed by atoms with van der Waals surface area (Å²) in [5, 5.41) is 0.642. The lowest BCUT2D eigenvalue weighted by molar-refractivity contribution is 0.592. The minimum Gasteiger partial charge on any atom is -0.354 e. The van der Waals surface area contributed by atoms with E-state index in [0.29, 0.717) is 16.4 Å². The lowest BCUT2D eigenvalue weighted by Crippen LogP contribution is -1.80. The summed E-state index contributed by atoms with van der Waals surface area (Å²) >= 11 is 0. The van der Waals surface area contributed by atoms with Crippen molar-refractivity contribution in [3.8, 4) is 0 Å². The SMILES string of the molecule is Fc1cc(F)c2c(c1)[nH]c1ccc(F)cc12. The van der Waals surface area contributed by atoms with E-state index in [1.54, 1.807) is 0 Å². The second-order valence-electron chi connectivity index (χ2n) is 3.63. The molecule has 0 saturated heterocycles. The van der Waals surface area contributed by atoms with Gasteiger partial charge in [-0.15, -0.1) is 0 Å². The molecule has 1 aromatic heterocycles. The molecule has 1 heterocycles. The normalized spacial score (nSPS) is 11.4. The molecule has 0 atom stereocenters. The van der Waals surface area contributed by atoms with Gasteiger partial charge in [0.1, 0.15) is 17.5 Å². The first kappa shape index (κ1) is 9.27. The van der Waals surface area contributed by atoms with E-state index in [1.807, 2.05) is 0 Å². The molecule has 16 heavy (non-hydrogen) atoms. The summed E-state index contributed by atoms with van der Waals surface area (Å²) in [6, 6.07) is 5.99. The number of hydrogen-bond acceptors (Lipinski definition) is 0. The molecule has 0 radical (unpaired) electrons. The Morgan fingerprint density at radius 2 is 1.62 bits per heavy atom. The number of aromatic amines is 1. The highest BCUT2D eigenvalue weighted by atomic mass is 19.1. The third-order valence-corrected chi connectivity index (χ3v) is 2.58. The number of rotatable bonds is 0. The number of nitrogens with one attached hydrogen (secondary N) is 1. The van der Waals surface area contributed by atoms with Crippen LogP contribution in [0.25, 0.3) is 21.8 Å². The molecular formula is C12H6F3N. The van der Waals surface area contributed by atoms with E-state index < -0.39 is 17.5 Å². The standard InChI is InChI=1S/C12H6F3N/c13-6-1-2-10-8(3-6)12-9(15)4-7(14)5-11(12)16-10/h1-5,16H. The summed E-state index contributed by atoms with van der Waals surface area (Å²) in [4.78, 5) is 2.84. The monoisotopic (exact) mass is 221 g/mol. The van der Waals surface area contributed by atoms with Crippen LogP contribution in [0, 0.1) is 17.5 Å². The molecule has 0 aliphatic rings. The third kappa shape index (κ3) is 1.19. The molecule has 0 spiro atoms. The molecular weight excluding hydrogens is 215 g/mol. The van der Waals surface area contributed by atoms with Gasteiger partial charge in [-0.25, -0.2) is 13.2 Å². The first-order valence-corrected chi connectivity index (χ1v) is 4.71. The van der Waals surface area contributed by atoms with Gasteiger partial charge in [-0.1, -0.05) is 0 Å². The largest absolute Gasteiger partial charge is 0.354 e. The average molecular weight is 221 g/mol. The van der Waals surface area contributed by atoms with Crippen LogP contribution >= 0.6 is 0 Å². The van der Waals surface area contributed by atoms with Crippen molar-refractivity contribution >= 4 is 21.8 Å². The number of fused-ring (bicyclic) bond motifs is 3. The Hall–Kier alpha value is -1.97. The minimum absolute atomic E-state index is 0.218. The van der Waals surface area contributed by atoms with Gasteiger partial charge in [-0.3, -0.25) is 0 Å². The maximum absolute atomic E-state index is 13.6. The summed E-state index contributed by atoms with van der Waals surface area (Å²) < 4.78 is 39.6. The average Bonchev–Trinajstić information content (AvgIpc) is 2.54. The van der Waals surface area contributed by atoms with Crippen LogP contribution in [0.1, 0.15) is 0 Å². The van der Waals surface area contributed by atoms with Crippen LogP contribution in [0.15, 0.2) is 30.3 Å². The number of halogens is 3. The molecule has 1 N–H and O–H groups in total. The Labute approximate surface area is 88.5 Å². The number of H-pyrrole nitrogens is 1. The summed E-state index contributed by atoms with van der Waals surface area (Å²) in [5.41, 5.74) is 0.916. The predicted octanol–water partition coefficient (Wildman–Crippen LogP) is 3.74. The van der Waals surface area contributed by atoms with Crippen LogP contribution < -0.4 is 0 Å². The van der Waals surface area contributed by atoms with Gasteiger partial charge in [-0.05, 0) is 24.3 Å². The Bertz CT molecular complexity index is 700. The van der Waals surface area contributed by atoms with Crippen molar-refractivity contribution in [1.82, 2.24) is 4.98 Å². The highest BCUT2D eigenvalue weighted by Crippen LogP contribution is 2.28. The molecule has 4 heteroatoms. The fraction of sp³-hybridized carbons (Fsp3) is 0. The summed E-state index contributed by atoms with van der Waals surface area (Å²) in [5.74, 6) is -1.79. The van der Waals surface area contributed by atoms with Gasteiger partial charge in [-0.2, -0.15) is 0 Å². The fourth-order valence-corrected chi connectivity index (χ4v) is 1.92. The smallest absolute Gasteiger partial charge is 0.136 e. The quantitative estimate of drug-likeness (QED) is 0.595. The number of benzene rings is 2. The van der Waals surface area contributed by atoms with Gasteiger partial charge in [0.25, 0.3) is 0 Å². The Morgan fingerprint density at radius 3 is 2.44 bits per heavy atom. The van der Waals surface area contributed by atoms with E-state index >= 15 is 0 Å². The lowest BCUT2D eigenvalue weighted by Gasteiger charge is -1.94. The van der Waals surface area contributed by atoms with E-state index in [9.17, 15) is 13.2 Å². The molecule has 3 rings (SSSR count). The maximum atomic E-state index is 13.6. The summed E-state index contributed by atoms with van der Waals surface area (Å²) in [6.45, 7) is 0. The topological polar surface area (TPSA) is 15.8 Å². The molecule has 2 aromatic carbocycles. The Balaban J connectivity index is 2.57. The molecule has 0 aliphatic carbocycles. The van der Waals surface area contributed by atoms with Crippen LogP contribution in [0.3, 0.4) is 0 Å². The second-order valence-corrected chi connectivity index (χ2v) is 3.63. The zero-order valence-corrected chi connectivity index (χ0v) is 8.02. The van der Waals surface area contributed by atoms with E-state index in [4.69, 9.17) is 0 Å². The number of hydrogen-bond donors (Lipinski definition) is 1. The van der Waals surface area contributed by atoms with Crippen LogP contribution in [0.4, 0.5) is 13.2 Å². The van der Waals surface area contributed by atoms with Crippen molar-refractivity contribution < 1.29 is 13.2 Å². The highest BCUT2D eigenvalue weighted by Gasteiger charge is 2.11. The van der Waals surface area contributed by atoms with E-state index in [2.05, 4.69) is 4.98 Å². The molecule has 80 valence electrons. The first-order valence-electron chi connectivity index (χ1n) is 4.71. The molecule has 0 bridgehead atoms. The zero-order valence-electron chi connectivity index (χ0n) is 8.02. The van der Waals surface area contributed by atoms with Crippen LogP contribution in [0.5, 0.6) is 0 Å². The molecule has 1 nitrogen and oxygen atoms in total. The molecule has 0 fully saturated rings. The van der Waals surface area contributed by atoms with Crippen LogP contribution in [-0.2, 0) is 0 Å². The van der Waals surface area contributed by atoms with Gasteiger partial charge in [0.15, 0.2) is 0 Å². The summed E-state index contributed by atoms with van der Waals surface area (Å²) in [6.07, 6.45) is 0. The van der Waals surface area contributed by atoms with Crippen molar-refractivity contribution in [3.63, 3.8) is 0 Å². The molecule has 0 unspecified atom stereocenters. The molecule has 3 aromatic rings. The van der Waals surface area contributed by atoms with E-state index in [-0.39, 0.29) is 5.39 Å². The highest BCUT2D eigenvalue weighted by molar-refractivity contribution is 6.07.